The van der Waals surface area contributed by atoms with Gasteiger partial charge in [0.1, 0.15) is 17.2 Å². The number of aryl methyl sites for hydroxylation is 3. The van der Waals surface area contributed by atoms with Gasteiger partial charge in [0.15, 0.2) is 0 Å². The van der Waals surface area contributed by atoms with Crippen LogP contribution in [0.2, 0.25) is 0 Å². The van der Waals surface area contributed by atoms with Crippen LogP contribution in [0, 0.1) is 20.8 Å². The maximum Gasteiger partial charge on any atom is 0.280 e. The molecule has 1 heterocycles. The minimum Gasteiger partial charge on any atom is -0.321 e. The average molecular weight is 291 g/mol. The zero-order valence-electron chi connectivity index (χ0n) is 11.9. The summed E-state index contributed by atoms with van der Waals surface area (Å²) in [5, 5.41) is 2.65. The Morgan fingerprint density at radius 3 is 2.43 bits per heavy atom. The van der Waals surface area contributed by atoms with Crippen LogP contribution in [-0.4, -0.2) is 15.9 Å². The normalized spacial score (nSPS) is 10.8. The van der Waals surface area contributed by atoms with Gasteiger partial charge in [-0.1, -0.05) is 6.07 Å². The van der Waals surface area contributed by atoms with Gasteiger partial charge >= 0.3 is 0 Å². The highest BCUT2D eigenvalue weighted by Crippen LogP contribution is 2.18. The molecule has 0 unspecified atom stereocenters. The summed E-state index contributed by atoms with van der Waals surface area (Å²) in [6.45, 7) is 5.36. The first-order valence-corrected chi connectivity index (χ1v) is 6.39. The van der Waals surface area contributed by atoms with E-state index in [0.29, 0.717) is 5.69 Å². The molecule has 0 atom stereocenters. The van der Waals surface area contributed by atoms with E-state index in [0.717, 1.165) is 17.2 Å². The molecule has 0 fully saturated rings. The lowest BCUT2D eigenvalue weighted by molar-refractivity contribution is 0.102. The molecule has 1 amide bonds. The van der Waals surface area contributed by atoms with Crippen molar-refractivity contribution in [3.05, 3.63) is 52.6 Å². The van der Waals surface area contributed by atoms with Crippen LogP contribution >= 0.6 is 0 Å². The molecule has 1 N–H and O–H groups in total. The lowest BCUT2D eigenvalue weighted by Gasteiger charge is -2.08. The Morgan fingerprint density at radius 2 is 1.81 bits per heavy atom. The molecule has 2 rings (SSSR count). The molecule has 6 heteroatoms. The van der Waals surface area contributed by atoms with Crippen molar-refractivity contribution in [1.29, 1.82) is 0 Å². The number of benzene rings is 1. The Balaban J connectivity index is 2.25. The smallest absolute Gasteiger partial charge is 0.280 e. The van der Waals surface area contributed by atoms with Gasteiger partial charge in [-0.15, -0.1) is 0 Å². The highest BCUT2D eigenvalue weighted by atomic mass is 19.3. The molecule has 1 aromatic heterocycles. The summed E-state index contributed by atoms with van der Waals surface area (Å²) >= 11 is 0. The Labute approximate surface area is 121 Å². The number of carbonyl (C=O) groups excluding carboxylic acids is 1. The van der Waals surface area contributed by atoms with Gasteiger partial charge in [-0.05, 0) is 50.1 Å². The van der Waals surface area contributed by atoms with Crippen LogP contribution in [0.3, 0.4) is 0 Å². The number of alkyl halides is 2. The number of carbonyl (C=O) groups is 1. The summed E-state index contributed by atoms with van der Waals surface area (Å²) in [7, 11) is 0. The largest absolute Gasteiger partial charge is 0.321 e. The SMILES string of the molecule is Cc1nc(C(=O)Nc2ccc(C)c(C)c2)cc(C(F)F)n1. The van der Waals surface area contributed by atoms with Crippen molar-refractivity contribution >= 4 is 11.6 Å². The van der Waals surface area contributed by atoms with E-state index >= 15 is 0 Å². The molecule has 0 saturated heterocycles. The molecule has 0 saturated carbocycles. The molecule has 0 aliphatic heterocycles. The highest BCUT2D eigenvalue weighted by Gasteiger charge is 2.16. The van der Waals surface area contributed by atoms with Crippen molar-refractivity contribution in [1.82, 2.24) is 9.97 Å². The first-order chi connectivity index (χ1) is 9.86. The first kappa shape index (κ1) is 15.0. The Hall–Kier alpha value is -2.37. The van der Waals surface area contributed by atoms with Crippen molar-refractivity contribution < 1.29 is 13.6 Å². The number of hydrogen-bond acceptors (Lipinski definition) is 3. The number of anilines is 1. The van der Waals surface area contributed by atoms with Crippen molar-refractivity contribution in [2.24, 2.45) is 0 Å². The minimum atomic E-state index is -2.74. The summed E-state index contributed by atoms with van der Waals surface area (Å²) in [4.78, 5) is 19.6. The molecule has 110 valence electrons. The van der Waals surface area contributed by atoms with Gasteiger partial charge in [0.05, 0.1) is 0 Å². The van der Waals surface area contributed by atoms with Gasteiger partial charge in [0, 0.05) is 5.69 Å². The monoisotopic (exact) mass is 291 g/mol. The van der Waals surface area contributed by atoms with E-state index in [1.807, 2.05) is 26.0 Å². The highest BCUT2D eigenvalue weighted by molar-refractivity contribution is 6.03. The van der Waals surface area contributed by atoms with Crippen molar-refractivity contribution in [3.63, 3.8) is 0 Å². The zero-order chi connectivity index (χ0) is 15.6. The molecule has 0 aliphatic rings. The number of nitrogens with zero attached hydrogens (tertiary/aromatic N) is 2. The number of amides is 1. The number of aromatic nitrogens is 2. The van der Waals surface area contributed by atoms with Gasteiger partial charge in [-0.2, -0.15) is 0 Å². The van der Waals surface area contributed by atoms with E-state index in [4.69, 9.17) is 0 Å². The summed E-state index contributed by atoms with van der Waals surface area (Å²) in [5.41, 5.74) is 2.20. The zero-order valence-corrected chi connectivity index (χ0v) is 11.9. The van der Waals surface area contributed by atoms with E-state index < -0.39 is 18.0 Å². The van der Waals surface area contributed by atoms with E-state index in [2.05, 4.69) is 15.3 Å². The molecule has 0 spiro atoms. The summed E-state index contributed by atoms with van der Waals surface area (Å²) in [6.07, 6.45) is -2.74. The predicted octanol–water partition coefficient (Wildman–Crippen LogP) is 3.59. The molecular formula is C15H15F2N3O. The summed E-state index contributed by atoms with van der Waals surface area (Å²) in [5.74, 6) is -0.399. The second-order valence-corrected chi connectivity index (χ2v) is 4.78. The van der Waals surface area contributed by atoms with Crippen LogP contribution in [0.4, 0.5) is 14.5 Å². The van der Waals surface area contributed by atoms with E-state index in [9.17, 15) is 13.6 Å². The Kier molecular flexibility index (Phi) is 4.26. The third kappa shape index (κ3) is 3.59. The van der Waals surface area contributed by atoms with Crippen molar-refractivity contribution in [3.8, 4) is 0 Å². The van der Waals surface area contributed by atoms with Gasteiger partial charge in [-0.25, -0.2) is 18.7 Å². The van der Waals surface area contributed by atoms with E-state index in [1.54, 1.807) is 6.07 Å². The number of rotatable bonds is 3. The minimum absolute atomic E-state index is 0.0731. The molecule has 2 aromatic rings. The first-order valence-electron chi connectivity index (χ1n) is 6.39. The topological polar surface area (TPSA) is 54.9 Å². The van der Waals surface area contributed by atoms with Crippen molar-refractivity contribution in [2.75, 3.05) is 5.32 Å². The second kappa shape index (κ2) is 5.95. The lowest BCUT2D eigenvalue weighted by atomic mass is 10.1. The van der Waals surface area contributed by atoms with E-state index in [-0.39, 0.29) is 11.5 Å². The molecule has 21 heavy (non-hydrogen) atoms. The summed E-state index contributed by atoms with van der Waals surface area (Å²) < 4.78 is 25.4. The summed E-state index contributed by atoms with van der Waals surface area (Å²) in [6, 6.07) is 6.45. The van der Waals surface area contributed by atoms with Crippen molar-refractivity contribution in [2.45, 2.75) is 27.2 Å². The average Bonchev–Trinajstić information content (AvgIpc) is 2.42. The second-order valence-electron chi connectivity index (χ2n) is 4.78. The van der Waals surface area contributed by atoms with Crippen LogP contribution in [-0.2, 0) is 0 Å². The van der Waals surface area contributed by atoms with Crippen LogP contribution in [0.1, 0.15) is 39.6 Å². The van der Waals surface area contributed by atoms with E-state index in [1.165, 1.54) is 6.92 Å². The van der Waals surface area contributed by atoms with Crippen LogP contribution in [0.15, 0.2) is 24.3 Å². The van der Waals surface area contributed by atoms with Gasteiger partial charge in [-0.3, -0.25) is 4.79 Å². The fourth-order valence-corrected chi connectivity index (χ4v) is 1.83. The molecule has 0 aliphatic carbocycles. The number of nitrogens with one attached hydrogen (secondary N) is 1. The fraction of sp³-hybridized carbons (Fsp3) is 0.267. The Bertz CT molecular complexity index is 687. The fourth-order valence-electron chi connectivity index (χ4n) is 1.83. The standard InChI is InChI=1S/C15H15F2N3O/c1-8-4-5-11(6-9(8)2)20-15(21)13-7-12(14(16)17)18-10(3)19-13/h4-7,14H,1-3H3,(H,20,21). The molecule has 0 radical (unpaired) electrons. The van der Waals surface area contributed by atoms with Gasteiger partial charge in [0.2, 0.25) is 0 Å². The number of hydrogen-bond donors (Lipinski definition) is 1. The number of halogens is 2. The predicted molar refractivity (Wildman–Crippen MR) is 75.6 cm³/mol. The molecule has 0 bridgehead atoms. The molecule has 4 nitrogen and oxygen atoms in total. The van der Waals surface area contributed by atoms with Gasteiger partial charge in [0.25, 0.3) is 12.3 Å². The van der Waals surface area contributed by atoms with Crippen LogP contribution in [0.5, 0.6) is 0 Å². The Morgan fingerprint density at radius 1 is 1.10 bits per heavy atom. The van der Waals surface area contributed by atoms with Gasteiger partial charge < -0.3 is 5.32 Å². The van der Waals surface area contributed by atoms with Crippen LogP contribution in [0.25, 0.3) is 0 Å². The van der Waals surface area contributed by atoms with Crippen LogP contribution < -0.4 is 5.32 Å². The molecule has 1 aromatic carbocycles. The molecular weight excluding hydrogens is 276 g/mol. The third-order valence-corrected chi connectivity index (χ3v) is 3.08. The lowest BCUT2D eigenvalue weighted by Crippen LogP contribution is -2.15. The quantitative estimate of drug-likeness (QED) is 0.940. The third-order valence-electron chi connectivity index (χ3n) is 3.08. The maximum atomic E-state index is 12.7. The maximum absolute atomic E-state index is 12.7.